The van der Waals surface area contributed by atoms with Crippen molar-refractivity contribution < 1.29 is 14.4 Å². The molecule has 0 aliphatic heterocycles. The minimum Gasteiger partial charge on any atom is -0.487 e. The number of amides is 1. The Morgan fingerprint density at radius 1 is 1.03 bits per heavy atom. The SMILES string of the molecule is CON(C)C(=O)c1ccc([C@]2(c3ccc(OCc4ccccn4)cc3)CC3CC[C@@H]2C3)cc1. The number of hydrogen-bond acceptors (Lipinski definition) is 4. The third kappa shape index (κ3) is 4.02. The summed E-state index contributed by atoms with van der Waals surface area (Å²) < 4.78 is 5.97. The van der Waals surface area contributed by atoms with E-state index in [2.05, 4.69) is 41.4 Å². The van der Waals surface area contributed by atoms with Gasteiger partial charge in [-0.05, 0) is 78.6 Å². The zero-order valence-electron chi connectivity index (χ0n) is 19.2. The summed E-state index contributed by atoms with van der Waals surface area (Å²) in [6, 6.07) is 22.6. The third-order valence-electron chi connectivity index (χ3n) is 7.54. The van der Waals surface area contributed by atoms with Crippen molar-refractivity contribution in [2.45, 2.75) is 37.7 Å². The van der Waals surface area contributed by atoms with Crippen LogP contribution in [0.2, 0.25) is 0 Å². The maximum Gasteiger partial charge on any atom is 0.277 e. The number of carbonyl (C=O) groups excluding carboxylic acids is 1. The Labute approximate surface area is 195 Å². The van der Waals surface area contributed by atoms with E-state index in [-0.39, 0.29) is 11.3 Å². The number of carbonyl (C=O) groups is 1. The van der Waals surface area contributed by atoms with Gasteiger partial charge < -0.3 is 4.74 Å². The first-order chi connectivity index (χ1) is 16.1. The van der Waals surface area contributed by atoms with E-state index in [0.717, 1.165) is 23.8 Å². The second-order valence-corrected chi connectivity index (χ2v) is 9.25. The van der Waals surface area contributed by atoms with Gasteiger partial charge in [0.25, 0.3) is 5.91 Å². The minimum absolute atomic E-state index is 0.00281. The van der Waals surface area contributed by atoms with Crippen molar-refractivity contribution in [1.82, 2.24) is 10.0 Å². The van der Waals surface area contributed by atoms with Gasteiger partial charge in [-0.3, -0.25) is 14.6 Å². The molecule has 3 aromatic rings. The average molecular weight is 443 g/mol. The fourth-order valence-corrected chi connectivity index (χ4v) is 5.87. The van der Waals surface area contributed by atoms with Crippen molar-refractivity contribution >= 4 is 5.91 Å². The number of hydrogen-bond donors (Lipinski definition) is 0. The summed E-state index contributed by atoms with van der Waals surface area (Å²) in [5.74, 6) is 2.12. The molecule has 2 saturated carbocycles. The highest BCUT2D eigenvalue weighted by atomic mass is 16.7. The predicted octanol–water partition coefficient (Wildman–Crippen LogP) is 5.40. The first-order valence-electron chi connectivity index (χ1n) is 11.7. The Balaban J connectivity index is 1.41. The molecule has 0 spiro atoms. The molecule has 1 unspecified atom stereocenters. The number of aromatic nitrogens is 1. The fourth-order valence-electron chi connectivity index (χ4n) is 5.87. The smallest absolute Gasteiger partial charge is 0.277 e. The van der Waals surface area contributed by atoms with Crippen LogP contribution in [-0.2, 0) is 16.9 Å². The molecule has 0 radical (unpaired) electrons. The molecule has 33 heavy (non-hydrogen) atoms. The monoisotopic (exact) mass is 442 g/mol. The quantitative estimate of drug-likeness (QED) is 0.460. The van der Waals surface area contributed by atoms with Crippen molar-refractivity contribution in [2.75, 3.05) is 14.2 Å². The molecule has 1 heterocycles. The molecule has 2 aliphatic rings. The zero-order chi connectivity index (χ0) is 22.8. The van der Waals surface area contributed by atoms with Crippen LogP contribution in [0.4, 0.5) is 0 Å². The summed E-state index contributed by atoms with van der Waals surface area (Å²) in [6.45, 7) is 0.460. The van der Waals surface area contributed by atoms with E-state index in [1.165, 1.54) is 42.6 Å². The summed E-state index contributed by atoms with van der Waals surface area (Å²) in [6.07, 6.45) is 6.82. The Kier molecular flexibility index (Phi) is 5.90. The summed E-state index contributed by atoms with van der Waals surface area (Å²) in [7, 11) is 3.13. The van der Waals surface area contributed by atoms with Crippen LogP contribution in [0.15, 0.2) is 72.9 Å². The van der Waals surface area contributed by atoms with Crippen molar-refractivity contribution in [3.8, 4) is 5.75 Å². The molecule has 5 heteroatoms. The standard InChI is InChI=1S/C28H30N2O3/c1-30(32-2)27(31)21-7-10-22(11-8-21)28(18-20-6-9-24(28)17-20)23-12-14-26(15-13-23)33-19-25-5-3-4-16-29-25/h3-5,7-8,10-16,20,24H,6,9,17-19H2,1-2H3/t20?,24-,28+/m1/s1. The molecule has 5 nitrogen and oxygen atoms in total. The number of nitrogens with zero attached hydrogens (tertiary/aromatic N) is 2. The molecular weight excluding hydrogens is 412 g/mol. The van der Waals surface area contributed by atoms with Crippen LogP contribution in [0.3, 0.4) is 0 Å². The van der Waals surface area contributed by atoms with E-state index in [4.69, 9.17) is 9.57 Å². The molecule has 170 valence electrons. The molecule has 2 aromatic carbocycles. The number of hydroxylamine groups is 2. The van der Waals surface area contributed by atoms with Gasteiger partial charge in [0.05, 0.1) is 12.8 Å². The molecule has 0 saturated heterocycles. The van der Waals surface area contributed by atoms with Crippen LogP contribution in [0.25, 0.3) is 0 Å². The van der Waals surface area contributed by atoms with Gasteiger partial charge in [0.15, 0.2) is 0 Å². The van der Waals surface area contributed by atoms with Crippen LogP contribution in [0.1, 0.15) is 52.9 Å². The Bertz CT molecular complexity index is 1100. The fraction of sp³-hybridized carbons (Fsp3) is 0.357. The highest BCUT2D eigenvalue weighted by molar-refractivity contribution is 5.93. The maximum atomic E-state index is 12.5. The molecule has 2 bridgehead atoms. The largest absolute Gasteiger partial charge is 0.487 e. The van der Waals surface area contributed by atoms with Crippen LogP contribution in [-0.4, -0.2) is 30.1 Å². The minimum atomic E-state index is -0.138. The topological polar surface area (TPSA) is 51.7 Å². The predicted molar refractivity (Wildman–Crippen MR) is 127 cm³/mol. The highest BCUT2D eigenvalue weighted by Gasteiger charge is 2.52. The number of pyridine rings is 1. The zero-order valence-corrected chi connectivity index (χ0v) is 19.2. The van der Waals surface area contributed by atoms with Crippen molar-refractivity contribution in [2.24, 2.45) is 11.8 Å². The first kappa shape index (κ1) is 21.7. The molecule has 2 fully saturated rings. The van der Waals surface area contributed by atoms with E-state index >= 15 is 0 Å². The molecule has 1 aromatic heterocycles. The maximum absolute atomic E-state index is 12.5. The molecule has 5 rings (SSSR count). The summed E-state index contributed by atoms with van der Waals surface area (Å²) >= 11 is 0. The van der Waals surface area contributed by atoms with Crippen LogP contribution >= 0.6 is 0 Å². The Morgan fingerprint density at radius 2 is 1.76 bits per heavy atom. The molecule has 2 aliphatic carbocycles. The van der Waals surface area contributed by atoms with Gasteiger partial charge in [-0.15, -0.1) is 0 Å². The van der Waals surface area contributed by atoms with E-state index in [1.54, 1.807) is 13.2 Å². The van der Waals surface area contributed by atoms with E-state index in [1.807, 2.05) is 30.3 Å². The van der Waals surface area contributed by atoms with Crippen molar-refractivity contribution in [3.63, 3.8) is 0 Å². The van der Waals surface area contributed by atoms with Crippen molar-refractivity contribution in [3.05, 3.63) is 95.3 Å². The van der Waals surface area contributed by atoms with Gasteiger partial charge in [0, 0.05) is 24.2 Å². The van der Waals surface area contributed by atoms with E-state index in [0.29, 0.717) is 18.1 Å². The summed E-state index contributed by atoms with van der Waals surface area (Å²) in [5.41, 5.74) is 4.19. The van der Waals surface area contributed by atoms with Gasteiger partial charge in [-0.2, -0.15) is 0 Å². The lowest BCUT2D eigenvalue weighted by Crippen LogP contribution is -2.34. The lowest BCUT2D eigenvalue weighted by atomic mass is 9.64. The number of ether oxygens (including phenoxy) is 1. The first-order valence-corrected chi connectivity index (χ1v) is 11.7. The third-order valence-corrected chi connectivity index (χ3v) is 7.54. The van der Waals surface area contributed by atoms with Gasteiger partial charge in [-0.1, -0.05) is 36.8 Å². The van der Waals surface area contributed by atoms with E-state index < -0.39 is 0 Å². The molecule has 1 amide bonds. The van der Waals surface area contributed by atoms with Gasteiger partial charge in [0.1, 0.15) is 12.4 Å². The molecule has 3 atom stereocenters. The van der Waals surface area contributed by atoms with E-state index in [9.17, 15) is 4.79 Å². The second kappa shape index (κ2) is 8.99. The number of fused-ring (bicyclic) bond motifs is 2. The lowest BCUT2D eigenvalue weighted by molar-refractivity contribution is -0.0757. The summed E-state index contributed by atoms with van der Waals surface area (Å²) in [4.78, 5) is 21.8. The van der Waals surface area contributed by atoms with Gasteiger partial charge >= 0.3 is 0 Å². The van der Waals surface area contributed by atoms with Crippen LogP contribution in [0.5, 0.6) is 5.75 Å². The second-order valence-electron chi connectivity index (χ2n) is 9.25. The molecule has 0 N–H and O–H groups in total. The Morgan fingerprint density at radius 3 is 2.33 bits per heavy atom. The normalized spacial score (nSPS) is 23.5. The average Bonchev–Trinajstić information content (AvgIpc) is 3.50. The number of benzene rings is 2. The summed E-state index contributed by atoms with van der Waals surface area (Å²) in [5, 5.41) is 1.26. The van der Waals surface area contributed by atoms with Gasteiger partial charge in [-0.25, -0.2) is 5.06 Å². The van der Waals surface area contributed by atoms with Crippen LogP contribution in [0, 0.1) is 11.8 Å². The Hall–Kier alpha value is -3.18. The number of rotatable bonds is 7. The van der Waals surface area contributed by atoms with Crippen LogP contribution < -0.4 is 4.74 Å². The van der Waals surface area contributed by atoms with Gasteiger partial charge in [0.2, 0.25) is 0 Å². The lowest BCUT2D eigenvalue weighted by Gasteiger charge is -2.39. The molecular formula is C28H30N2O3. The highest BCUT2D eigenvalue weighted by Crippen LogP contribution is 2.60. The van der Waals surface area contributed by atoms with Crippen molar-refractivity contribution in [1.29, 1.82) is 0 Å².